The van der Waals surface area contributed by atoms with Crippen LogP contribution in [0.1, 0.15) is 26.0 Å². The van der Waals surface area contributed by atoms with Crippen LogP contribution in [-0.4, -0.2) is 70.6 Å². The van der Waals surface area contributed by atoms with Crippen molar-refractivity contribution in [2.75, 3.05) is 38.0 Å². The van der Waals surface area contributed by atoms with Gasteiger partial charge in [0.2, 0.25) is 11.8 Å². The maximum atomic E-state index is 12.7. The van der Waals surface area contributed by atoms with Gasteiger partial charge in [0.15, 0.2) is 11.2 Å². The lowest BCUT2D eigenvalue weighted by Gasteiger charge is -2.36. The number of carboxylic acid groups (broad SMARTS) is 1. The van der Waals surface area contributed by atoms with E-state index >= 15 is 0 Å². The predicted molar refractivity (Wildman–Crippen MR) is 91.4 cm³/mol. The van der Waals surface area contributed by atoms with Gasteiger partial charge in [0.25, 0.3) is 0 Å². The molecule has 3 rings (SSSR count). The molecule has 26 heavy (non-hydrogen) atoms. The zero-order valence-electron chi connectivity index (χ0n) is 15.2. The molecule has 1 atom stereocenters. The minimum atomic E-state index is -1.29. The Labute approximate surface area is 151 Å². The lowest BCUT2D eigenvalue weighted by Crippen LogP contribution is -2.53. The van der Waals surface area contributed by atoms with Crippen LogP contribution in [0.4, 0.5) is 5.82 Å². The van der Waals surface area contributed by atoms with E-state index < -0.39 is 16.8 Å². The number of nitrogens with zero attached hydrogens (tertiary/aromatic N) is 3. The number of hydrogen-bond acceptors (Lipinski definition) is 6. The second-order valence-corrected chi connectivity index (χ2v) is 7.71. The quantitative estimate of drug-likeness (QED) is 0.734. The summed E-state index contributed by atoms with van der Waals surface area (Å²) in [5, 5.41) is 15.9. The molecule has 142 valence electrons. The number of aryl methyl sites for hydroxylation is 1. The number of carboxylic acids is 1. The Hall–Kier alpha value is -2.42. The topological polar surface area (TPSA) is 116 Å². The molecular formula is C17H24N4O5. The van der Waals surface area contributed by atoms with Gasteiger partial charge in [-0.05, 0) is 18.8 Å². The monoisotopic (exact) mass is 364 g/mol. The summed E-state index contributed by atoms with van der Waals surface area (Å²) >= 11 is 0. The summed E-state index contributed by atoms with van der Waals surface area (Å²) in [6.07, 6.45) is 0.369. The van der Waals surface area contributed by atoms with Crippen LogP contribution in [0.3, 0.4) is 0 Å². The molecule has 2 heterocycles. The molecule has 1 aromatic rings. The molecule has 9 heteroatoms. The van der Waals surface area contributed by atoms with Gasteiger partial charge in [-0.1, -0.05) is 19.0 Å². The Balaban J connectivity index is 1.51. The number of piperazine rings is 1. The smallest absolute Gasteiger partial charge is 0.319 e. The number of amides is 2. The first kappa shape index (κ1) is 18.4. The Morgan fingerprint density at radius 1 is 1.27 bits per heavy atom. The molecule has 1 aliphatic heterocycles. The summed E-state index contributed by atoms with van der Waals surface area (Å²) in [4.78, 5) is 40.0. The maximum absolute atomic E-state index is 12.7. The Bertz CT molecular complexity index is 735. The van der Waals surface area contributed by atoms with Crippen molar-refractivity contribution in [3.8, 4) is 0 Å². The Morgan fingerprint density at radius 3 is 2.35 bits per heavy atom. The molecule has 1 saturated carbocycles. The van der Waals surface area contributed by atoms with Gasteiger partial charge < -0.3 is 19.8 Å². The first-order chi connectivity index (χ1) is 12.2. The van der Waals surface area contributed by atoms with E-state index in [0.29, 0.717) is 44.2 Å². The van der Waals surface area contributed by atoms with Crippen LogP contribution in [0, 0.1) is 17.8 Å². The first-order valence-electron chi connectivity index (χ1n) is 8.64. The van der Waals surface area contributed by atoms with Crippen LogP contribution in [-0.2, 0) is 14.4 Å². The molecule has 2 amide bonds. The number of hydrogen-bond donors (Lipinski definition) is 2. The third-order valence-electron chi connectivity index (χ3n) is 5.39. The fourth-order valence-corrected chi connectivity index (χ4v) is 3.63. The maximum Gasteiger partial charge on any atom is 0.319 e. The van der Waals surface area contributed by atoms with Crippen LogP contribution in [0.25, 0.3) is 0 Å². The third kappa shape index (κ3) is 3.18. The summed E-state index contributed by atoms with van der Waals surface area (Å²) in [5.41, 5.74) is -1.81. The third-order valence-corrected chi connectivity index (χ3v) is 5.39. The Kier molecular flexibility index (Phi) is 4.51. The average Bonchev–Trinajstić information content (AvgIpc) is 2.94. The molecule has 0 bridgehead atoms. The van der Waals surface area contributed by atoms with Crippen molar-refractivity contribution in [1.82, 2.24) is 15.0 Å². The highest BCUT2D eigenvalue weighted by Crippen LogP contribution is 2.64. The molecule has 2 N–H and O–H groups in total. The van der Waals surface area contributed by atoms with Crippen molar-refractivity contribution in [1.29, 1.82) is 0 Å². The number of rotatable bonds is 5. The Morgan fingerprint density at radius 2 is 1.88 bits per heavy atom. The van der Waals surface area contributed by atoms with E-state index in [-0.39, 0.29) is 18.4 Å². The van der Waals surface area contributed by atoms with E-state index in [9.17, 15) is 19.5 Å². The lowest BCUT2D eigenvalue weighted by molar-refractivity contribution is -0.156. The van der Waals surface area contributed by atoms with E-state index in [1.807, 2.05) is 18.7 Å². The van der Waals surface area contributed by atoms with Crippen LogP contribution in [0.5, 0.6) is 0 Å². The van der Waals surface area contributed by atoms with Gasteiger partial charge in [0, 0.05) is 32.2 Å². The summed E-state index contributed by atoms with van der Waals surface area (Å²) < 4.78 is 4.90. The van der Waals surface area contributed by atoms with Gasteiger partial charge in [-0.2, -0.15) is 0 Å². The molecule has 0 spiro atoms. The summed E-state index contributed by atoms with van der Waals surface area (Å²) in [6, 6.07) is 1.64. The van der Waals surface area contributed by atoms with Crippen LogP contribution in [0.15, 0.2) is 10.6 Å². The predicted octanol–water partition coefficient (Wildman–Crippen LogP) is 0.567. The fourth-order valence-electron chi connectivity index (χ4n) is 3.63. The van der Waals surface area contributed by atoms with Crippen molar-refractivity contribution >= 4 is 23.6 Å². The number of nitrogens with one attached hydrogen (secondary N) is 1. The highest BCUT2D eigenvalue weighted by atomic mass is 16.5. The molecule has 1 aromatic heterocycles. The molecule has 1 saturated heterocycles. The van der Waals surface area contributed by atoms with Gasteiger partial charge in [-0.25, -0.2) is 0 Å². The largest absolute Gasteiger partial charge is 0.480 e. The normalized spacial score (nSPS) is 25.0. The molecule has 9 nitrogen and oxygen atoms in total. The summed E-state index contributed by atoms with van der Waals surface area (Å²) in [6.45, 7) is 7.42. The zero-order valence-corrected chi connectivity index (χ0v) is 15.2. The fraction of sp³-hybridized carbons (Fsp3) is 0.647. The van der Waals surface area contributed by atoms with Gasteiger partial charge in [0.1, 0.15) is 5.76 Å². The number of carbonyl (C=O) groups is 3. The number of aliphatic carboxylic acids is 1. The SMILES string of the molecule is Cc1cc(NC(=O)CN2CCN(C(=O)C3(C(=O)O)CC3(C)C)CC2)no1. The second kappa shape index (κ2) is 6.39. The van der Waals surface area contributed by atoms with E-state index in [1.165, 1.54) is 0 Å². The molecular weight excluding hydrogens is 340 g/mol. The van der Waals surface area contributed by atoms with Crippen molar-refractivity contribution in [3.05, 3.63) is 11.8 Å². The van der Waals surface area contributed by atoms with E-state index in [2.05, 4.69) is 10.5 Å². The molecule has 1 unspecified atom stereocenters. The van der Waals surface area contributed by atoms with Crippen LogP contribution < -0.4 is 5.32 Å². The second-order valence-electron chi connectivity index (χ2n) is 7.71. The van der Waals surface area contributed by atoms with Crippen molar-refractivity contribution in [2.24, 2.45) is 10.8 Å². The average molecular weight is 364 g/mol. The standard InChI is InChI=1S/C17H24N4O5/c1-11-8-12(19-26-11)18-13(22)9-20-4-6-21(7-5-20)14(23)17(15(24)25)10-16(17,2)3/h8H,4-7,9-10H2,1-3H3,(H,24,25)(H,18,19,22). The summed E-state index contributed by atoms with van der Waals surface area (Å²) in [5.74, 6) is -0.568. The number of carbonyl (C=O) groups excluding carboxylic acids is 2. The highest BCUT2D eigenvalue weighted by Gasteiger charge is 2.72. The van der Waals surface area contributed by atoms with E-state index in [0.717, 1.165) is 0 Å². The minimum Gasteiger partial charge on any atom is -0.480 e. The number of anilines is 1. The van der Waals surface area contributed by atoms with Crippen molar-refractivity contribution in [2.45, 2.75) is 27.2 Å². The zero-order chi connectivity index (χ0) is 19.1. The van der Waals surface area contributed by atoms with E-state index in [1.54, 1.807) is 17.9 Å². The molecule has 2 aliphatic rings. The molecule has 2 fully saturated rings. The van der Waals surface area contributed by atoms with Crippen molar-refractivity contribution in [3.63, 3.8) is 0 Å². The number of aromatic nitrogens is 1. The van der Waals surface area contributed by atoms with Gasteiger partial charge in [-0.15, -0.1) is 0 Å². The van der Waals surface area contributed by atoms with Gasteiger partial charge in [-0.3, -0.25) is 19.3 Å². The first-order valence-corrected chi connectivity index (χ1v) is 8.64. The molecule has 1 aliphatic carbocycles. The van der Waals surface area contributed by atoms with Crippen molar-refractivity contribution < 1.29 is 24.0 Å². The van der Waals surface area contributed by atoms with Crippen LogP contribution in [0.2, 0.25) is 0 Å². The van der Waals surface area contributed by atoms with Crippen LogP contribution >= 0.6 is 0 Å². The van der Waals surface area contributed by atoms with Gasteiger partial charge in [0.05, 0.1) is 6.54 Å². The minimum absolute atomic E-state index is 0.184. The van der Waals surface area contributed by atoms with E-state index in [4.69, 9.17) is 4.52 Å². The molecule has 0 radical (unpaired) electrons. The summed E-state index contributed by atoms with van der Waals surface area (Å²) in [7, 11) is 0. The highest BCUT2D eigenvalue weighted by molar-refractivity contribution is 6.06. The lowest BCUT2D eigenvalue weighted by atomic mass is 9.94. The molecule has 0 aromatic carbocycles. The van der Waals surface area contributed by atoms with Gasteiger partial charge >= 0.3 is 5.97 Å².